The monoisotopic (exact) mass is 434 g/mol. The molecule has 0 bridgehead atoms. The maximum Gasteiger partial charge on any atom is 0.331 e. The Morgan fingerprint density at radius 1 is 1.26 bits per heavy atom. The lowest BCUT2D eigenvalue weighted by Crippen LogP contribution is -2.41. The molecular weight excluding hydrogens is 423 g/mol. The predicted octanol–water partition coefficient (Wildman–Crippen LogP) is 2.45. The van der Waals surface area contributed by atoms with Gasteiger partial charge >= 0.3 is 5.69 Å². The first-order valence-corrected chi connectivity index (χ1v) is 7.65. The van der Waals surface area contributed by atoms with Crippen molar-refractivity contribution in [2.24, 2.45) is 0 Å². The molecule has 1 aromatic heterocycles. The van der Waals surface area contributed by atoms with Crippen LogP contribution in [0.25, 0.3) is 0 Å². The van der Waals surface area contributed by atoms with Crippen LogP contribution >= 0.6 is 38.5 Å². The summed E-state index contributed by atoms with van der Waals surface area (Å²) in [5, 5.41) is 0. The van der Waals surface area contributed by atoms with E-state index in [0.717, 1.165) is 10.0 Å². The molecule has 6 heteroatoms. The van der Waals surface area contributed by atoms with E-state index in [0.29, 0.717) is 10.1 Å². The minimum atomic E-state index is -0.274. The number of hydrogen-bond donors (Lipinski definition) is 0. The third-order valence-electron chi connectivity index (χ3n) is 2.82. The number of halogens is 2. The lowest BCUT2D eigenvalue weighted by Gasteiger charge is -2.10. The van der Waals surface area contributed by atoms with E-state index in [9.17, 15) is 9.59 Å². The van der Waals surface area contributed by atoms with Gasteiger partial charge in [-0.3, -0.25) is 13.9 Å². The first-order valence-electron chi connectivity index (χ1n) is 5.77. The topological polar surface area (TPSA) is 44.0 Å². The summed E-state index contributed by atoms with van der Waals surface area (Å²) in [4.78, 5) is 24.3. The fourth-order valence-electron chi connectivity index (χ4n) is 1.78. The van der Waals surface area contributed by atoms with E-state index < -0.39 is 0 Å². The normalized spacial score (nSPS) is 10.7. The molecule has 2 aromatic rings. The van der Waals surface area contributed by atoms with Crippen LogP contribution in [-0.2, 0) is 13.1 Å². The maximum atomic E-state index is 12.2. The van der Waals surface area contributed by atoms with Crippen molar-refractivity contribution in [3.63, 3.8) is 0 Å². The minimum Gasteiger partial charge on any atom is -0.300 e. The van der Waals surface area contributed by atoms with Gasteiger partial charge in [0.05, 0.1) is 10.1 Å². The molecule has 0 atom stereocenters. The van der Waals surface area contributed by atoms with Gasteiger partial charge in [-0.2, -0.15) is 0 Å². The molecule has 0 saturated heterocycles. The molecule has 0 N–H and O–H groups in total. The first-order chi connectivity index (χ1) is 9.04. The average Bonchev–Trinajstić information content (AvgIpc) is 2.41. The molecule has 0 saturated carbocycles. The second kappa shape index (κ2) is 6.04. The second-order valence-electron chi connectivity index (χ2n) is 4.03. The minimum absolute atomic E-state index is 0.244. The molecule has 4 nitrogen and oxygen atoms in total. The molecule has 0 aliphatic heterocycles. The van der Waals surface area contributed by atoms with E-state index in [2.05, 4.69) is 15.9 Å². The van der Waals surface area contributed by atoms with E-state index in [4.69, 9.17) is 0 Å². The Kier molecular flexibility index (Phi) is 4.62. The van der Waals surface area contributed by atoms with Crippen molar-refractivity contribution in [3.8, 4) is 0 Å². The molecule has 100 valence electrons. The van der Waals surface area contributed by atoms with Crippen LogP contribution in [-0.4, -0.2) is 9.13 Å². The Morgan fingerprint density at radius 2 is 1.95 bits per heavy atom. The molecule has 0 aliphatic carbocycles. The highest BCUT2D eigenvalue weighted by molar-refractivity contribution is 14.1. The molecule has 1 aromatic carbocycles. The van der Waals surface area contributed by atoms with Crippen molar-refractivity contribution in [3.05, 3.63) is 64.9 Å². The highest BCUT2D eigenvalue weighted by atomic mass is 127. The van der Waals surface area contributed by atoms with Crippen LogP contribution in [0.15, 0.2) is 44.5 Å². The number of benzene rings is 1. The third-order valence-corrected chi connectivity index (χ3v) is 4.34. The molecule has 0 fully saturated rings. The highest BCUT2D eigenvalue weighted by Crippen LogP contribution is 2.16. The zero-order chi connectivity index (χ0) is 14.0. The second-order valence-corrected chi connectivity index (χ2v) is 6.04. The Balaban J connectivity index is 2.58. The van der Waals surface area contributed by atoms with E-state index in [1.807, 2.05) is 53.8 Å². The van der Waals surface area contributed by atoms with E-state index in [-0.39, 0.29) is 17.8 Å². The number of aromatic nitrogens is 2. The highest BCUT2D eigenvalue weighted by Gasteiger charge is 2.10. The van der Waals surface area contributed by atoms with Gasteiger partial charge in [-0.05, 0) is 41.1 Å². The van der Waals surface area contributed by atoms with E-state index in [1.165, 1.54) is 4.57 Å². The Labute approximate surface area is 132 Å². The van der Waals surface area contributed by atoms with Crippen molar-refractivity contribution in [1.29, 1.82) is 0 Å². The largest absolute Gasteiger partial charge is 0.331 e. The van der Waals surface area contributed by atoms with Crippen LogP contribution in [0.5, 0.6) is 0 Å². The van der Waals surface area contributed by atoms with Crippen LogP contribution < -0.4 is 11.2 Å². The summed E-state index contributed by atoms with van der Waals surface area (Å²) in [6.45, 7) is 2.70. The fourth-order valence-corrected chi connectivity index (χ4v) is 2.82. The number of aryl methyl sites for hydroxylation is 1. The summed E-state index contributed by atoms with van der Waals surface area (Å²) in [6, 6.07) is 7.57. The predicted molar refractivity (Wildman–Crippen MR) is 86.6 cm³/mol. The van der Waals surface area contributed by atoms with Gasteiger partial charge in [-0.1, -0.05) is 34.1 Å². The lowest BCUT2D eigenvalue weighted by molar-refractivity contribution is 0.594. The molecular formula is C13H12BrIN2O2. The van der Waals surface area contributed by atoms with E-state index >= 15 is 0 Å². The van der Waals surface area contributed by atoms with Gasteiger partial charge in [0.15, 0.2) is 0 Å². The summed E-state index contributed by atoms with van der Waals surface area (Å²) in [6.07, 6.45) is 1.60. The number of rotatable bonds is 3. The van der Waals surface area contributed by atoms with Crippen LogP contribution in [0.1, 0.15) is 12.5 Å². The van der Waals surface area contributed by atoms with Gasteiger partial charge in [0.25, 0.3) is 5.56 Å². The molecule has 0 unspecified atom stereocenters. The summed E-state index contributed by atoms with van der Waals surface area (Å²) in [5.74, 6) is 0. The molecule has 1 heterocycles. The summed E-state index contributed by atoms with van der Waals surface area (Å²) < 4.78 is 4.25. The van der Waals surface area contributed by atoms with Crippen molar-refractivity contribution in [2.45, 2.75) is 20.0 Å². The molecule has 0 amide bonds. The zero-order valence-electron chi connectivity index (χ0n) is 10.3. The van der Waals surface area contributed by atoms with Crippen LogP contribution in [0.2, 0.25) is 0 Å². The van der Waals surface area contributed by atoms with Gasteiger partial charge < -0.3 is 0 Å². The Hall–Kier alpha value is -0.890. The fraction of sp³-hybridized carbons (Fsp3) is 0.231. The number of nitrogens with zero attached hydrogens (tertiary/aromatic N) is 2. The van der Waals surface area contributed by atoms with Gasteiger partial charge in [0.1, 0.15) is 0 Å². The molecule has 0 radical (unpaired) electrons. The Morgan fingerprint density at radius 3 is 2.58 bits per heavy atom. The third kappa shape index (κ3) is 3.00. The van der Waals surface area contributed by atoms with Crippen LogP contribution in [0.3, 0.4) is 0 Å². The number of hydrogen-bond acceptors (Lipinski definition) is 2. The van der Waals surface area contributed by atoms with Gasteiger partial charge in [-0.15, -0.1) is 0 Å². The standard InChI is InChI=1S/C13H12BrIN2O2/c1-2-16-8-11(15)12(18)17(13(16)19)7-9-5-3-4-6-10(9)14/h3-6,8H,2,7H2,1H3. The summed E-state index contributed by atoms with van der Waals surface area (Å²) in [7, 11) is 0. The zero-order valence-corrected chi connectivity index (χ0v) is 14.0. The van der Waals surface area contributed by atoms with Crippen LogP contribution in [0.4, 0.5) is 0 Å². The van der Waals surface area contributed by atoms with Crippen molar-refractivity contribution in [2.75, 3.05) is 0 Å². The summed E-state index contributed by atoms with van der Waals surface area (Å²) in [5.41, 5.74) is 0.390. The lowest BCUT2D eigenvalue weighted by atomic mass is 10.2. The molecule has 19 heavy (non-hydrogen) atoms. The van der Waals surface area contributed by atoms with Gasteiger partial charge in [0, 0.05) is 17.2 Å². The molecule has 0 aliphatic rings. The van der Waals surface area contributed by atoms with Gasteiger partial charge in [-0.25, -0.2) is 4.79 Å². The quantitative estimate of drug-likeness (QED) is 0.696. The van der Waals surface area contributed by atoms with Crippen molar-refractivity contribution in [1.82, 2.24) is 9.13 Å². The molecule has 0 spiro atoms. The average molecular weight is 435 g/mol. The first kappa shape index (κ1) is 14.5. The smallest absolute Gasteiger partial charge is 0.300 e. The van der Waals surface area contributed by atoms with Gasteiger partial charge in [0.2, 0.25) is 0 Å². The van der Waals surface area contributed by atoms with Crippen molar-refractivity contribution < 1.29 is 0 Å². The maximum absolute atomic E-state index is 12.2. The summed E-state index contributed by atoms with van der Waals surface area (Å²) >= 11 is 5.39. The van der Waals surface area contributed by atoms with Crippen LogP contribution in [0, 0.1) is 3.57 Å². The molecule has 2 rings (SSSR count). The van der Waals surface area contributed by atoms with E-state index in [1.54, 1.807) is 10.8 Å². The SMILES string of the molecule is CCn1cc(I)c(=O)n(Cc2ccccc2Br)c1=O. The van der Waals surface area contributed by atoms with Crippen molar-refractivity contribution >= 4 is 38.5 Å². The Bertz CT molecular complexity index is 721.